The molecule has 0 aliphatic rings. The van der Waals surface area contributed by atoms with Crippen LogP contribution in [0.25, 0.3) is 0 Å². The number of nitrogens with two attached hydrogens (primary N) is 1. The number of aromatic nitrogens is 1. The molecule has 0 aliphatic heterocycles. The van der Waals surface area contributed by atoms with Gasteiger partial charge in [0, 0.05) is 11.4 Å². The molecule has 0 saturated carbocycles. The molecule has 54 valence electrons. The van der Waals surface area contributed by atoms with E-state index in [9.17, 15) is 0 Å². The molecule has 1 heterocycles. The Bertz CT molecular complexity index is 212. The number of nitrogens with zero attached hydrogens (tertiary/aromatic N) is 1. The predicted octanol–water partition coefficient (Wildman–Crippen LogP) is 0.984. The number of rotatable bonds is 1. The second kappa shape index (κ2) is 2.66. The molecule has 1 aromatic rings. The first-order valence-corrected chi connectivity index (χ1v) is 3.14. The topological polar surface area (TPSA) is 50.9 Å². The first kappa shape index (κ1) is 7.02. The van der Waals surface area contributed by atoms with Crippen LogP contribution < -0.4 is 11.3 Å². The van der Waals surface area contributed by atoms with Crippen molar-refractivity contribution in [2.75, 3.05) is 5.43 Å². The van der Waals surface area contributed by atoms with Gasteiger partial charge in [-0.3, -0.25) is 10.8 Å². The van der Waals surface area contributed by atoms with Crippen LogP contribution in [0.15, 0.2) is 12.1 Å². The fourth-order valence-corrected chi connectivity index (χ4v) is 0.918. The molecule has 10 heavy (non-hydrogen) atoms. The number of anilines is 1. The molecule has 0 radical (unpaired) electrons. The van der Waals surface area contributed by atoms with Crippen LogP contribution in [0.4, 0.5) is 5.69 Å². The minimum absolute atomic E-state index is 0.907. The quantitative estimate of drug-likeness (QED) is 0.448. The highest BCUT2D eigenvalue weighted by atomic mass is 15.2. The fourth-order valence-electron chi connectivity index (χ4n) is 0.918. The van der Waals surface area contributed by atoms with Gasteiger partial charge in [0.25, 0.3) is 0 Å². The Hall–Kier alpha value is -1.09. The second-order valence-electron chi connectivity index (χ2n) is 2.28. The molecule has 3 N–H and O–H groups in total. The third-order valence-corrected chi connectivity index (χ3v) is 1.25. The van der Waals surface area contributed by atoms with E-state index in [1.807, 2.05) is 26.0 Å². The highest BCUT2D eigenvalue weighted by Gasteiger charge is 1.92. The second-order valence-corrected chi connectivity index (χ2v) is 2.28. The maximum absolute atomic E-state index is 5.21. The van der Waals surface area contributed by atoms with E-state index in [4.69, 9.17) is 5.84 Å². The minimum Gasteiger partial charge on any atom is -0.324 e. The molecular formula is C7H11N3. The van der Waals surface area contributed by atoms with E-state index < -0.39 is 0 Å². The Morgan fingerprint density at radius 1 is 1.30 bits per heavy atom. The van der Waals surface area contributed by atoms with Crippen LogP contribution in [0.3, 0.4) is 0 Å². The lowest BCUT2D eigenvalue weighted by Crippen LogP contribution is -2.07. The Labute approximate surface area is 60.2 Å². The molecule has 0 aromatic carbocycles. The molecule has 0 fully saturated rings. The van der Waals surface area contributed by atoms with Gasteiger partial charge < -0.3 is 5.43 Å². The molecule has 0 amide bonds. The summed E-state index contributed by atoms with van der Waals surface area (Å²) in [6, 6.07) is 3.79. The van der Waals surface area contributed by atoms with Crippen LogP contribution in [0, 0.1) is 13.8 Å². The van der Waals surface area contributed by atoms with Crippen molar-refractivity contribution in [3.8, 4) is 0 Å². The van der Waals surface area contributed by atoms with Crippen molar-refractivity contribution in [1.82, 2.24) is 4.98 Å². The molecule has 1 aromatic heterocycles. The SMILES string of the molecule is Cc1cc(NN)cc(C)n1. The van der Waals surface area contributed by atoms with E-state index in [0.717, 1.165) is 17.1 Å². The average Bonchev–Trinajstić information content (AvgIpc) is 1.85. The summed E-state index contributed by atoms with van der Waals surface area (Å²) in [7, 11) is 0. The Balaban J connectivity index is 3.06. The van der Waals surface area contributed by atoms with Crippen LogP contribution in [-0.2, 0) is 0 Å². The molecule has 1 rings (SSSR count). The number of hydrogen-bond acceptors (Lipinski definition) is 3. The number of nitrogen functional groups attached to an aromatic ring is 1. The van der Waals surface area contributed by atoms with Gasteiger partial charge in [-0.25, -0.2) is 0 Å². The van der Waals surface area contributed by atoms with Crippen LogP contribution in [0.1, 0.15) is 11.4 Å². The van der Waals surface area contributed by atoms with E-state index in [1.54, 1.807) is 0 Å². The lowest BCUT2D eigenvalue weighted by molar-refractivity contribution is 1.12. The zero-order chi connectivity index (χ0) is 7.56. The third-order valence-electron chi connectivity index (χ3n) is 1.25. The minimum atomic E-state index is 0.907. The Morgan fingerprint density at radius 3 is 2.20 bits per heavy atom. The summed E-state index contributed by atoms with van der Waals surface area (Å²) in [5.41, 5.74) is 5.44. The highest BCUT2D eigenvalue weighted by molar-refractivity contribution is 5.43. The lowest BCUT2D eigenvalue weighted by atomic mass is 10.3. The first-order valence-electron chi connectivity index (χ1n) is 3.14. The summed E-state index contributed by atoms with van der Waals surface area (Å²) in [5.74, 6) is 5.21. The molecule has 0 spiro atoms. The van der Waals surface area contributed by atoms with E-state index in [2.05, 4.69) is 10.4 Å². The summed E-state index contributed by atoms with van der Waals surface area (Å²) >= 11 is 0. The average molecular weight is 137 g/mol. The van der Waals surface area contributed by atoms with Crippen molar-refractivity contribution in [3.05, 3.63) is 23.5 Å². The Kier molecular flexibility index (Phi) is 1.87. The van der Waals surface area contributed by atoms with Gasteiger partial charge >= 0.3 is 0 Å². The maximum Gasteiger partial charge on any atom is 0.0521 e. The maximum atomic E-state index is 5.21. The van der Waals surface area contributed by atoms with E-state index in [0.29, 0.717) is 0 Å². The van der Waals surface area contributed by atoms with Crippen molar-refractivity contribution in [3.63, 3.8) is 0 Å². The standard InChI is InChI=1S/C7H11N3/c1-5-3-7(10-8)4-6(2)9-5/h3-4H,8H2,1-2H3,(H,9,10). The van der Waals surface area contributed by atoms with Gasteiger partial charge in [0.2, 0.25) is 0 Å². The van der Waals surface area contributed by atoms with Gasteiger partial charge in [-0.15, -0.1) is 0 Å². The lowest BCUT2D eigenvalue weighted by Gasteiger charge is -2.01. The van der Waals surface area contributed by atoms with Gasteiger partial charge in [-0.05, 0) is 26.0 Å². The van der Waals surface area contributed by atoms with Crippen LogP contribution in [-0.4, -0.2) is 4.98 Å². The number of aryl methyl sites for hydroxylation is 2. The number of hydrazine groups is 1. The third kappa shape index (κ3) is 1.45. The molecule has 0 aliphatic carbocycles. The molecule has 0 atom stereocenters. The van der Waals surface area contributed by atoms with E-state index >= 15 is 0 Å². The predicted molar refractivity (Wildman–Crippen MR) is 41.5 cm³/mol. The molecule has 3 heteroatoms. The molecule has 0 bridgehead atoms. The van der Waals surface area contributed by atoms with Gasteiger partial charge in [0.05, 0.1) is 5.69 Å². The highest BCUT2D eigenvalue weighted by Crippen LogP contribution is 2.07. The van der Waals surface area contributed by atoms with Gasteiger partial charge in [0.15, 0.2) is 0 Å². The van der Waals surface area contributed by atoms with E-state index in [-0.39, 0.29) is 0 Å². The first-order chi connectivity index (χ1) is 4.72. The summed E-state index contributed by atoms with van der Waals surface area (Å²) in [6.45, 7) is 3.88. The fraction of sp³-hybridized carbons (Fsp3) is 0.286. The van der Waals surface area contributed by atoms with Gasteiger partial charge in [0.1, 0.15) is 0 Å². The molecule has 0 unspecified atom stereocenters. The summed E-state index contributed by atoms with van der Waals surface area (Å²) in [6.07, 6.45) is 0. The zero-order valence-electron chi connectivity index (χ0n) is 6.18. The van der Waals surface area contributed by atoms with Crippen molar-refractivity contribution in [2.45, 2.75) is 13.8 Å². The summed E-state index contributed by atoms with van der Waals surface area (Å²) < 4.78 is 0. The summed E-state index contributed by atoms with van der Waals surface area (Å²) in [5, 5.41) is 0. The number of nitrogens with one attached hydrogen (secondary N) is 1. The van der Waals surface area contributed by atoms with Crippen molar-refractivity contribution < 1.29 is 0 Å². The monoisotopic (exact) mass is 137 g/mol. The van der Waals surface area contributed by atoms with E-state index in [1.165, 1.54) is 0 Å². The summed E-state index contributed by atoms with van der Waals surface area (Å²) in [4.78, 5) is 4.19. The smallest absolute Gasteiger partial charge is 0.0521 e. The zero-order valence-corrected chi connectivity index (χ0v) is 6.18. The van der Waals surface area contributed by atoms with Crippen LogP contribution in [0.5, 0.6) is 0 Å². The molecule has 0 saturated heterocycles. The largest absolute Gasteiger partial charge is 0.324 e. The van der Waals surface area contributed by atoms with Crippen molar-refractivity contribution >= 4 is 5.69 Å². The number of pyridine rings is 1. The van der Waals surface area contributed by atoms with Crippen LogP contribution >= 0.6 is 0 Å². The number of hydrogen-bond donors (Lipinski definition) is 2. The molecular weight excluding hydrogens is 126 g/mol. The van der Waals surface area contributed by atoms with Crippen molar-refractivity contribution in [2.24, 2.45) is 5.84 Å². The van der Waals surface area contributed by atoms with Crippen LogP contribution in [0.2, 0.25) is 0 Å². The normalized spacial score (nSPS) is 9.50. The van der Waals surface area contributed by atoms with Gasteiger partial charge in [-0.2, -0.15) is 0 Å². The van der Waals surface area contributed by atoms with Crippen molar-refractivity contribution in [1.29, 1.82) is 0 Å². The molecule has 3 nitrogen and oxygen atoms in total. The van der Waals surface area contributed by atoms with Gasteiger partial charge in [-0.1, -0.05) is 0 Å². The Morgan fingerprint density at radius 2 is 1.80 bits per heavy atom.